The summed E-state index contributed by atoms with van der Waals surface area (Å²) in [4.78, 5) is 23.9. The van der Waals surface area contributed by atoms with E-state index in [-0.39, 0.29) is 18.4 Å². The lowest BCUT2D eigenvalue weighted by atomic mass is 9.90. The van der Waals surface area contributed by atoms with Crippen LogP contribution >= 0.6 is 22.6 Å². The highest BCUT2D eigenvalue weighted by Crippen LogP contribution is 2.56. The number of halogens is 3. The van der Waals surface area contributed by atoms with Crippen molar-refractivity contribution in [3.05, 3.63) is 27.3 Å². The molecular weight excluding hydrogens is 517 g/mol. The summed E-state index contributed by atoms with van der Waals surface area (Å²) in [7, 11) is -6.18. The predicted molar refractivity (Wildman–Crippen MR) is 93.3 cm³/mol. The highest BCUT2D eigenvalue weighted by atomic mass is 127. The number of hydrogen-bond donors (Lipinski definition) is 0. The van der Waals surface area contributed by atoms with Crippen LogP contribution in [0.2, 0.25) is 0 Å². The molecule has 28 heavy (non-hydrogen) atoms. The summed E-state index contributed by atoms with van der Waals surface area (Å²) >= 11 is 2.02. The molecule has 0 N–H and O–H groups in total. The molecule has 1 spiro atoms. The van der Waals surface area contributed by atoms with Gasteiger partial charge in [-0.15, -0.1) is 0 Å². The fraction of sp³-hybridized carbons (Fsp3) is 0.500. The van der Waals surface area contributed by atoms with Crippen LogP contribution in [0.25, 0.3) is 0 Å². The SMILES string of the molecule is O=C1OC2(CC3CC2CC3OC(=O)C(F)(F)S(=O)(=O)[O-])Oc2c(I)cccc21. The quantitative estimate of drug-likeness (QED) is 0.332. The van der Waals surface area contributed by atoms with Crippen LogP contribution in [0, 0.1) is 15.4 Å². The summed E-state index contributed by atoms with van der Waals surface area (Å²) < 4.78 is 75.3. The first-order valence-electron chi connectivity index (χ1n) is 8.20. The molecule has 1 aromatic carbocycles. The Balaban J connectivity index is 1.52. The van der Waals surface area contributed by atoms with Gasteiger partial charge in [0.05, 0.1) is 3.57 Å². The van der Waals surface area contributed by atoms with E-state index in [9.17, 15) is 31.3 Å². The molecule has 0 amide bonds. The largest absolute Gasteiger partial charge is 0.743 e. The molecule has 2 saturated carbocycles. The first kappa shape index (κ1) is 19.8. The summed E-state index contributed by atoms with van der Waals surface area (Å²) in [6.07, 6.45) is -0.507. The maximum absolute atomic E-state index is 13.4. The number of benzene rings is 1. The van der Waals surface area contributed by atoms with Gasteiger partial charge in [0.25, 0.3) is 5.79 Å². The van der Waals surface area contributed by atoms with E-state index in [1.807, 2.05) is 22.6 Å². The van der Waals surface area contributed by atoms with Crippen LogP contribution in [-0.4, -0.2) is 42.1 Å². The zero-order valence-corrected chi connectivity index (χ0v) is 16.9. The molecular formula is C16H12F2IO8S-. The van der Waals surface area contributed by atoms with E-state index in [2.05, 4.69) is 4.74 Å². The molecule has 152 valence electrons. The fourth-order valence-electron chi connectivity index (χ4n) is 4.07. The lowest BCUT2D eigenvalue weighted by Crippen LogP contribution is -2.51. The normalized spacial score (nSPS) is 31.3. The molecule has 12 heteroatoms. The number of ether oxygens (including phenoxy) is 3. The molecule has 4 unspecified atom stereocenters. The Morgan fingerprint density at radius 1 is 1.32 bits per heavy atom. The van der Waals surface area contributed by atoms with Crippen LogP contribution in [0.5, 0.6) is 5.75 Å². The Morgan fingerprint density at radius 2 is 2.04 bits per heavy atom. The minimum absolute atomic E-state index is 0.0391. The molecule has 1 aliphatic heterocycles. The fourth-order valence-corrected chi connectivity index (χ4v) is 4.93. The van der Waals surface area contributed by atoms with Crippen molar-refractivity contribution in [2.24, 2.45) is 11.8 Å². The van der Waals surface area contributed by atoms with Gasteiger partial charge < -0.3 is 18.8 Å². The minimum Gasteiger partial charge on any atom is -0.743 e. The van der Waals surface area contributed by atoms with Gasteiger partial charge in [0, 0.05) is 18.3 Å². The first-order chi connectivity index (χ1) is 12.9. The van der Waals surface area contributed by atoms with Gasteiger partial charge in [-0.2, -0.15) is 8.78 Å². The van der Waals surface area contributed by atoms with Gasteiger partial charge in [0.15, 0.2) is 15.9 Å². The molecule has 0 radical (unpaired) electrons. The van der Waals surface area contributed by atoms with Gasteiger partial charge >= 0.3 is 17.2 Å². The Kier molecular flexibility index (Phi) is 4.39. The van der Waals surface area contributed by atoms with Crippen molar-refractivity contribution in [1.29, 1.82) is 0 Å². The van der Waals surface area contributed by atoms with Crippen LogP contribution in [-0.2, 0) is 24.4 Å². The zero-order valence-electron chi connectivity index (χ0n) is 13.9. The zero-order chi connectivity index (χ0) is 20.5. The molecule has 0 aromatic heterocycles. The number of para-hydroxylation sites is 1. The maximum atomic E-state index is 13.4. The summed E-state index contributed by atoms with van der Waals surface area (Å²) in [6.45, 7) is 0. The summed E-state index contributed by atoms with van der Waals surface area (Å²) in [5, 5.41) is -5.16. The molecule has 2 aliphatic carbocycles. The summed E-state index contributed by atoms with van der Waals surface area (Å²) in [5.41, 5.74) is 0.281. The molecule has 4 atom stereocenters. The van der Waals surface area contributed by atoms with Crippen LogP contribution in [0.3, 0.4) is 0 Å². The monoisotopic (exact) mass is 529 g/mol. The predicted octanol–water partition coefficient (Wildman–Crippen LogP) is 2.02. The van der Waals surface area contributed by atoms with Crippen LogP contribution in [0.1, 0.15) is 29.6 Å². The smallest absolute Gasteiger partial charge is 0.428 e. The van der Waals surface area contributed by atoms with Gasteiger partial charge in [0.1, 0.15) is 11.7 Å². The van der Waals surface area contributed by atoms with Crippen LogP contribution < -0.4 is 4.74 Å². The molecule has 8 nitrogen and oxygen atoms in total. The third kappa shape index (κ3) is 2.87. The van der Waals surface area contributed by atoms with Gasteiger partial charge in [-0.1, -0.05) is 6.07 Å². The molecule has 1 heterocycles. The summed E-state index contributed by atoms with van der Waals surface area (Å²) in [5.74, 6) is -4.77. The number of esters is 2. The molecule has 0 saturated heterocycles. The Bertz CT molecular complexity index is 981. The Hall–Kier alpha value is -1.54. The highest BCUT2D eigenvalue weighted by Gasteiger charge is 2.63. The van der Waals surface area contributed by atoms with E-state index >= 15 is 0 Å². The second kappa shape index (κ2) is 6.23. The number of rotatable bonds is 3. The molecule has 2 fully saturated rings. The van der Waals surface area contributed by atoms with E-state index in [1.54, 1.807) is 18.2 Å². The highest BCUT2D eigenvalue weighted by molar-refractivity contribution is 14.1. The summed E-state index contributed by atoms with van der Waals surface area (Å²) in [6, 6.07) is 5.01. The number of carbonyl (C=O) groups is 2. The lowest BCUT2D eigenvalue weighted by molar-refractivity contribution is -0.203. The number of hydrogen-bond acceptors (Lipinski definition) is 8. The van der Waals surface area contributed by atoms with Crippen molar-refractivity contribution in [1.82, 2.24) is 0 Å². The number of carbonyl (C=O) groups excluding carboxylic acids is 2. The molecule has 3 aliphatic rings. The first-order valence-corrected chi connectivity index (χ1v) is 10.7. The van der Waals surface area contributed by atoms with E-state index in [1.165, 1.54) is 0 Å². The van der Waals surface area contributed by atoms with Gasteiger partial charge in [-0.05, 0) is 47.6 Å². The van der Waals surface area contributed by atoms with Crippen LogP contribution in [0.4, 0.5) is 8.78 Å². The standard InChI is InChI=1S/C16H13F2IO8S/c17-16(18,28(22,23)24)14(21)25-11-5-8-4-7(11)6-15(8)26-12-9(13(20)27-15)2-1-3-10(12)19/h1-3,7-8,11H,4-6H2,(H,22,23,24)/p-1. The lowest BCUT2D eigenvalue weighted by Gasteiger charge is -2.42. The second-order valence-electron chi connectivity index (χ2n) is 6.97. The Morgan fingerprint density at radius 3 is 2.64 bits per heavy atom. The third-order valence-electron chi connectivity index (χ3n) is 5.34. The second-order valence-corrected chi connectivity index (χ2v) is 9.55. The van der Waals surface area contributed by atoms with E-state index in [0.717, 1.165) is 0 Å². The average molecular weight is 529 g/mol. The molecule has 2 bridgehead atoms. The Labute approximate surface area is 171 Å². The van der Waals surface area contributed by atoms with Gasteiger partial charge in [0.2, 0.25) is 0 Å². The van der Waals surface area contributed by atoms with Crippen molar-refractivity contribution >= 4 is 44.6 Å². The van der Waals surface area contributed by atoms with Gasteiger partial charge in [-0.3, -0.25) is 0 Å². The van der Waals surface area contributed by atoms with Crippen molar-refractivity contribution < 1.29 is 45.6 Å². The van der Waals surface area contributed by atoms with E-state index < -0.39 is 51.0 Å². The number of fused-ring (bicyclic) bond motifs is 4. The molecule has 1 aromatic rings. The third-order valence-corrected chi connectivity index (χ3v) is 6.98. The minimum atomic E-state index is -6.18. The van der Waals surface area contributed by atoms with Crippen molar-refractivity contribution in [3.8, 4) is 5.75 Å². The molecule has 4 rings (SSSR count). The van der Waals surface area contributed by atoms with Crippen LogP contribution in [0.15, 0.2) is 18.2 Å². The number of alkyl halides is 2. The van der Waals surface area contributed by atoms with Crippen molar-refractivity contribution in [2.45, 2.75) is 36.4 Å². The van der Waals surface area contributed by atoms with E-state index in [4.69, 9.17) is 9.47 Å². The topological polar surface area (TPSA) is 119 Å². The average Bonchev–Trinajstić information content (AvgIpc) is 3.12. The van der Waals surface area contributed by atoms with Crippen molar-refractivity contribution in [3.63, 3.8) is 0 Å². The van der Waals surface area contributed by atoms with Crippen molar-refractivity contribution in [2.75, 3.05) is 0 Å². The maximum Gasteiger partial charge on any atom is 0.428 e. The van der Waals surface area contributed by atoms with Gasteiger partial charge in [-0.25, -0.2) is 18.0 Å². The van der Waals surface area contributed by atoms with E-state index in [0.29, 0.717) is 15.7 Å².